The highest BCUT2D eigenvalue weighted by Gasteiger charge is 2.16. The maximum atomic E-state index is 12.1. The van der Waals surface area contributed by atoms with Gasteiger partial charge in [0, 0.05) is 18.7 Å². The molecule has 0 aromatic heterocycles. The van der Waals surface area contributed by atoms with Crippen LogP contribution in [0.15, 0.2) is 30.3 Å². The molecule has 0 aliphatic carbocycles. The van der Waals surface area contributed by atoms with Gasteiger partial charge in [-0.15, -0.1) is 0 Å². The summed E-state index contributed by atoms with van der Waals surface area (Å²) in [4.78, 5) is 35.1. The van der Waals surface area contributed by atoms with Crippen LogP contribution in [0, 0.1) is 0 Å². The lowest BCUT2D eigenvalue weighted by atomic mass is 10.2. The van der Waals surface area contributed by atoms with Crippen molar-refractivity contribution in [1.29, 1.82) is 0 Å². The van der Waals surface area contributed by atoms with E-state index in [0.29, 0.717) is 12.1 Å². The van der Waals surface area contributed by atoms with Gasteiger partial charge in [0.15, 0.2) is 0 Å². The Bertz CT molecular complexity index is 489. The van der Waals surface area contributed by atoms with E-state index in [4.69, 9.17) is 5.11 Å². The average Bonchev–Trinajstić information content (AvgIpc) is 2.49. The lowest BCUT2D eigenvalue weighted by Gasteiger charge is -2.22. The van der Waals surface area contributed by atoms with Crippen molar-refractivity contribution in [2.75, 3.05) is 25.1 Å². The highest BCUT2D eigenvalue weighted by molar-refractivity contribution is 5.93. The molecule has 114 valence electrons. The van der Waals surface area contributed by atoms with Crippen LogP contribution in [0.2, 0.25) is 0 Å². The minimum absolute atomic E-state index is 0.0341. The Morgan fingerprint density at radius 1 is 1.24 bits per heavy atom. The molecule has 0 heterocycles. The van der Waals surface area contributed by atoms with E-state index in [9.17, 15) is 14.4 Å². The maximum Gasteiger partial charge on any atom is 0.325 e. The van der Waals surface area contributed by atoms with E-state index in [-0.39, 0.29) is 19.5 Å². The quantitative estimate of drug-likeness (QED) is 0.738. The van der Waals surface area contributed by atoms with Crippen molar-refractivity contribution in [3.05, 3.63) is 30.3 Å². The summed E-state index contributed by atoms with van der Waals surface area (Å²) in [6, 6.07) is 8.35. The third-order valence-electron chi connectivity index (χ3n) is 2.70. The number of para-hydroxylation sites is 1. The summed E-state index contributed by atoms with van der Waals surface area (Å²) in [5.41, 5.74) is 0.630. The molecule has 1 aromatic rings. The molecule has 7 nitrogen and oxygen atoms in total. The summed E-state index contributed by atoms with van der Waals surface area (Å²) in [7, 11) is 1.23. The fourth-order valence-corrected chi connectivity index (χ4v) is 1.66. The predicted molar refractivity (Wildman–Crippen MR) is 76.1 cm³/mol. The second kappa shape index (κ2) is 8.57. The smallest absolute Gasteiger partial charge is 0.325 e. The first kappa shape index (κ1) is 16.5. The number of nitrogens with zero attached hydrogens (tertiary/aromatic N) is 1. The largest absolute Gasteiger partial charge is 0.481 e. The molecule has 0 aliphatic heterocycles. The molecule has 21 heavy (non-hydrogen) atoms. The molecule has 1 aromatic carbocycles. The molecule has 2 amide bonds. The Morgan fingerprint density at radius 3 is 2.48 bits per heavy atom. The lowest BCUT2D eigenvalue weighted by molar-refractivity contribution is -0.139. The minimum Gasteiger partial charge on any atom is -0.481 e. The van der Waals surface area contributed by atoms with Crippen molar-refractivity contribution in [2.45, 2.75) is 12.8 Å². The number of anilines is 1. The monoisotopic (exact) mass is 294 g/mol. The number of carboxylic acids is 1. The molecule has 0 fully saturated rings. The van der Waals surface area contributed by atoms with Gasteiger partial charge in [0.1, 0.15) is 6.54 Å². The Hall–Kier alpha value is -2.57. The summed E-state index contributed by atoms with van der Waals surface area (Å²) in [5, 5.41) is 11.1. The van der Waals surface area contributed by atoms with Crippen molar-refractivity contribution in [2.24, 2.45) is 0 Å². The van der Waals surface area contributed by atoms with E-state index < -0.39 is 18.0 Å². The van der Waals surface area contributed by atoms with Gasteiger partial charge < -0.3 is 15.2 Å². The molecule has 1 rings (SSSR count). The average molecular weight is 294 g/mol. The summed E-state index contributed by atoms with van der Waals surface area (Å²) in [6.07, 6.45) is 0.281. The van der Waals surface area contributed by atoms with Gasteiger partial charge in [0.05, 0.1) is 7.11 Å². The summed E-state index contributed by atoms with van der Waals surface area (Å²) >= 11 is 0. The van der Waals surface area contributed by atoms with E-state index in [1.54, 1.807) is 24.3 Å². The molecular formula is C14H18N2O5. The molecular weight excluding hydrogens is 276 g/mol. The number of rotatable bonds is 7. The van der Waals surface area contributed by atoms with Crippen LogP contribution in [0.5, 0.6) is 0 Å². The second-order valence-corrected chi connectivity index (χ2v) is 4.22. The zero-order valence-corrected chi connectivity index (χ0v) is 11.7. The number of carbonyl (C=O) groups excluding carboxylic acids is 2. The Morgan fingerprint density at radius 2 is 1.90 bits per heavy atom. The maximum absolute atomic E-state index is 12.1. The Labute approximate surface area is 122 Å². The van der Waals surface area contributed by atoms with Crippen LogP contribution in [0.3, 0.4) is 0 Å². The standard InChI is InChI=1S/C14H18N2O5/c1-21-13(19)10-15-14(20)16(9-5-8-12(17)18)11-6-3-2-4-7-11/h2-4,6-7H,5,8-10H2,1H3,(H,15,20)(H,17,18). The topological polar surface area (TPSA) is 95.9 Å². The van der Waals surface area contributed by atoms with Gasteiger partial charge in [-0.3, -0.25) is 14.5 Å². The van der Waals surface area contributed by atoms with E-state index in [1.165, 1.54) is 12.0 Å². The SMILES string of the molecule is COC(=O)CNC(=O)N(CCCC(=O)O)c1ccccc1. The first-order valence-corrected chi connectivity index (χ1v) is 6.43. The van der Waals surface area contributed by atoms with Crippen molar-refractivity contribution < 1.29 is 24.2 Å². The van der Waals surface area contributed by atoms with Crippen molar-refractivity contribution in [3.63, 3.8) is 0 Å². The first-order valence-electron chi connectivity index (χ1n) is 6.43. The summed E-state index contributed by atoms with van der Waals surface area (Å²) in [5.74, 6) is -1.47. The fraction of sp³-hybridized carbons (Fsp3) is 0.357. The van der Waals surface area contributed by atoms with E-state index in [2.05, 4.69) is 10.1 Å². The predicted octanol–water partition coefficient (Wildman–Crippen LogP) is 1.24. The molecule has 0 saturated heterocycles. The number of ether oxygens (including phenoxy) is 1. The highest BCUT2D eigenvalue weighted by Crippen LogP contribution is 2.14. The van der Waals surface area contributed by atoms with Gasteiger partial charge in [0.25, 0.3) is 0 Å². The molecule has 0 radical (unpaired) electrons. The molecule has 2 N–H and O–H groups in total. The van der Waals surface area contributed by atoms with Gasteiger partial charge in [-0.25, -0.2) is 4.79 Å². The van der Waals surface area contributed by atoms with Crippen LogP contribution in [0.4, 0.5) is 10.5 Å². The number of hydrogen-bond donors (Lipinski definition) is 2. The molecule has 0 atom stereocenters. The molecule has 0 aliphatic rings. The number of carbonyl (C=O) groups is 3. The molecule has 0 spiro atoms. The normalized spacial score (nSPS) is 9.76. The molecule has 0 bridgehead atoms. The van der Waals surface area contributed by atoms with Crippen LogP contribution in [-0.2, 0) is 14.3 Å². The zero-order valence-electron chi connectivity index (χ0n) is 11.7. The minimum atomic E-state index is -0.919. The highest BCUT2D eigenvalue weighted by atomic mass is 16.5. The number of urea groups is 1. The number of carboxylic acid groups (broad SMARTS) is 1. The third kappa shape index (κ3) is 5.94. The molecule has 7 heteroatoms. The van der Waals surface area contributed by atoms with E-state index in [1.807, 2.05) is 6.07 Å². The Kier molecular flexibility index (Phi) is 6.73. The van der Waals surface area contributed by atoms with Crippen LogP contribution in [0.25, 0.3) is 0 Å². The van der Waals surface area contributed by atoms with Crippen LogP contribution >= 0.6 is 0 Å². The number of methoxy groups -OCH3 is 1. The van der Waals surface area contributed by atoms with Crippen molar-refractivity contribution >= 4 is 23.7 Å². The van der Waals surface area contributed by atoms with Gasteiger partial charge in [-0.1, -0.05) is 18.2 Å². The fourth-order valence-electron chi connectivity index (χ4n) is 1.66. The summed E-state index contributed by atoms with van der Waals surface area (Å²) in [6.45, 7) is 0.000909. The van der Waals surface area contributed by atoms with Crippen molar-refractivity contribution in [3.8, 4) is 0 Å². The van der Waals surface area contributed by atoms with Gasteiger partial charge >= 0.3 is 18.0 Å². The summed E-state index contributed by atoms with van der Waals surface area (Å²) < 4.78 is 4.45. The number of hydrogen-bond acceptors (Lipinski definition) is 4. The van der Waals surface area contributed by atoms with E-state index in [0.717, 1.165) is 0 Å². The van der Waals surface area contributed by atoms with Crippen LogP contribution in [0.1, 0.15) is 12.8 Å². The Balaban J connectivity index is 2.69. The lowest BCUT2D eigenvalue weighted by Crippen LogP contribution is -2.43. The van der Waals surface area contributed by atoms with Crippen molar-refractivity contribution in [1.82, 2.24) is 5.32 Å². The third-order valence-corrected chi connectivity index (χ3v) is 2.70. The zero-order chi connectivity index (χ0) is 15.7. The van der Waals surface area contributed by atoms with E-state index >= 15 is 0 Å². The van der Waals surface area contributed by atoms with Crippen LogP contribution < -0.4 is 10.2 Å². The number of benzene rings is 1. The number of amides is 2. The number of esters is 1. The van der Waals surface area contributed by atoms with Gasteiger partial charge in [0.2, 0.25) is 0 Å². The second-order valence-electron chi connectivity index (χ2n) is 4.22. The molecule has 0 unspecified atom stereocenters. The number of aliphatic carboxylic acids is 1. The number of nitrogens with one attached hydrogen (secondary N) is 1. The van der Waals surface area contributed by atoms with Gasteiger partial charge in [-0.2, -0.15) is 0 Å². The molecule has 0 saturated carbocycles. The first-order chi connectivity index (χ1) is 10.0. The van der Waals surface area contributed by atoms with Crippen LogP contribution in [-0.4, -0.2) is 43.3 Å². The van der Waals surface area contributed by atoms with Gasteiger partial charge in [-0.05, 0) is 18.6 Å².